The van der Waals surface area contributed by atoms with E-state index >= 15 is 0 Å². The van der Waals surface area contributed by atoms with Crippen LogP contribution in [-0.4, -0.2) is 23.8 Å². The number of esters is 1. The Morgan fingerprint density at radius 2 is 2.30 bits per heavy atom. The van der Waals surface area contributed by atoms with Crippen molar-refractivity contribution >= 4 is 5.97 Å². The Morgan fingerprint density at radius 3 is 2.70 bits per heavy atom. The summed E-state index contributed by atoms with van der Waals surface area (Å²) in [4.78, 5) is 10.6. The summed E-state index contributed by atoms with van der Waals surface area (Å²) >= 11 is 0. The first kappa shape index (κ1) is 9.43. The molecular formula is C7H14O3. The second-order valence-corrected chi connectivity index (χ2v) is 2.19. The van der Waals surface area contributed by atoms with Gasteiger partial charge in [-0.1, -0.05) is 0 Å². The number of rotatable bonds is 4. The maximum Gasteiger partial charge on any atom is 0.305 e. The zero-order valence-corrected chi connectivity index (χ0v) is 6.46. The van der Waals surface area contributed by atoms with Gasteiger partial charge >= 0.3 is 5.97 Å². The third kappa shape index (κ3) is 5.56. The van der Waals surface area contributed by atoms with E-state index in [1.165, 1.54) is 0 Å². The molecule has 1 N–H and O–H groups in total. The SMILES string of the molecule is CCOC(=O)CCC(C)O. The van der Waals surface area contributed by atoms with Gasteiger partial charge in [0.2, 0.25) is 0 Å². The number of aliphatic hydroxyl groups is 1. The zero-order valence-electron chi connectivity index (χ0n) is 6.46. The summed E-state index contributed by atoms with van der Waals surface area (Å²) in [6, 6.07) is 0. The number of aliphatic hydroxyl groups excluding tert-OH is 1. The largest absolute Gasteiger partial charge is 0.466 e. The molecule has 60 valence electrons. The standard InChI is InChI=1S/C7H14O3/c1-3-10-7(9)5-4-6(2)8/h6,8H,3-5H2,1-2H3. The average Bonchev–Trinajstić information content (AvgIpc) is 1.85. The van der Waals surface area contributed by atoms with Crippen LogP contribution < -0.4 is 0 Å². The zero-order chi connectivity index (χ0) is 7.98. The predicted molar refractivity (Wildman–Crippen MR) is 37.5 cm³/mol. The highest BCUT2D eigenvalue weighted by Crippen LogP contribution is 1.96. The van der Waals surface area contributed by atoms with Gasteiger partial charge in [-0.15, -0.1) is 0 Å². The first-order valence-electron chi connectivity index (χ1n) is 3.50. The Hall–Kier alpha value is -0.570. The Labute approximate surface area is 61.0 Å². The minimum Gasteiger partial charge on any atom is -0.466 e. The second kappa shape index (κ2) is 5.23. The average molecular weight is 146 g/mol. The van der Waals surface area contributed by atoms with Crippen LogP contribution in [0.1, 0.15) is 26.7 Å². The van der Waals surface area contributed by atoms with Crippen LogP contribution in [0.5, 0.6) is 0 Å². The number of carbonyl (C=O) groups is 1. The highest BCUT2D eigenvalue weighted by atomic mass is 16.5. The van der Waals surface area contributed by atoms with Gasteiger partial charge < -0.3 is 9.84 Å². The van der Waals surface area contributed by atoms with Gasteiger partial charge in [0.25, 0.3) is 0 Å². The molecule has 0 spiro atoms. The van der Waals surface area contributed by atoms with Crippen LogP contribution in [0.15, 0.2) is 0 Å². The van der Waals surface area contributed by atoms with Crippen LogP contribution in [0, 0.1) is 0 Å². The lowest BCUT2D eigenvalue weighted by molar-refractivity contribution is -0.143. The second-order valence-electron chi connectivity index (χ2n) is 2.19. The highest BCUT2D eigenvalue weighted by Gasteiger charge is 2.03. The molecule has 0 fully saturated rings. The summed E-state index contributed by atoms with van der Waals surface area (Å²) in [7, 11) is 0. The minimum atomic E-state index is -0.413. The first-order valence-corrected chi connectivity index (χ1v) is 3.50. The summed E-state index contributed by atoms with van der Waals surface area (Å²) in [6.45, 7) is 3.83. The van der Waals surface area contributed by atoms with Gasteiger partial charge in [0.1, 0.15) is 0 Å². The summed E-state index contributed by atoms with van der Waals surface area (Å²) in [5, 5.41) is 8.76. The monoisotopic (exact) mass is 146 g/mol. The molecule has 0 aliphatic heterocycles. The maximum atomic E-state index is 10.6. The Bertz CT molecular complexity index is 99.0. The van der Waals surface area contributed by atoms with Crippen LogP contribution >= 0.6 is 0 Å². The molecule has 0 aliphatic carbocycles. The van der Waals surface area contributed by atoms with Gasteiger partial charge in [0, 0.05) is 6.42 Å². The van der Waals surface area contributed by atoms with Gasteiger partial charge in [0.05, 0.1) is 12.7 Å². The van der Waals surface area contributed by atoms with Crippen molar-refractivity contribution in [2.24, 2.45) is 0 Å². The first-order chi connectivity index (χ1) is 4.66. The van der Waals surface area contributed by atoms with Crippen molar-refractivity contribution in [1.82, 2.24) is 0 Å². The van der Waals surface area contributed by atoms with Crippen molar-refractivity contribution < 1.29 is 14.6 Å². The molecule has 3 heteroatoms. The molecule has 0 saturated carbocycles. The molecule has 0 aromatic rings. The lowest BCUT2D eigenvalue weighted by atomic mass is 10.2. The van der Waals surface area contributed by atoms with E-state index in [1.54, 1.807) is 13.8 Å². The van der Waals surface area contributed by atoms with Gasteiger partial charge in [-0.25, -0.2) is 0 Å². The smallest absolute Gasteiger partial charge is 0.305 e. The number of hydrogen-bond donors (Lipinski definition) is 1. The molecule has 1 atom stereocenters. The highest BCUT2D eigenvalue weighted by molar-refractivity contribution is 5.69. The predicted octanol–water partition coefficient (Wildman–Crippen LogP) is 0.710. The van der Waals surface area contributed by atoms with Crippen molar-refractivity contribution in [1.29, 1.82) is 0 Å². The molecule has 0 saturated heterocycles. The fraction of sp³-hybridized carbons (Fsp3) is 0.857. The van der Waals surface area contributed by atoms with Crippen LogP contribution in [-0.2, 0) is 9.53 Å². The summed E-state index contributed by atoms with van der Waals surface area (Å²) in [5.41, 5.74) is 0. The molecule has 0 aliphatic rings. The van der Waals surface area contributed by atoms with Crippen LogP contribution in [0.3, 0.4) is 0 Å². The Morgan fingerprint density at radius 1 is 1.70 bits per heavy atom. The molecule has 0 rings (SSSR count). The quantitative estimate of drug-likeness (QED) is 0.594. The molecule has 10 heavy (non-hydrogen) atoms. The van der Waals surface area contributed by atoms with Crippen LogP contribution in [0.25, 0.3) is 0 Å². The lowest BCUT2D eigenvalue weighted by Gasteiger charge is -2.02. The Balaban J connectivity index is 3.22. The lowest BCUT2D eigenvalue weighted by Crippen LogP contribution is -2.08. The maximum absolute atomic E-state index is 10.6. The van der Waals surface area contributed by atoms with Crippen molar-refractivity contribution in [2.75, 3.05) is 6.61 Å². The third-order valence-corrected chi connectivity index (χ3v) is 1.07. The van der Waals surface area contributed by atoms with E-state index in [0.717, 1.165) is 0 Å². The van der Waals surface area contributed by atoms with E-state index in [9.17, 15) is 4.79 Å². The van der Waals surface area contributed by atoms with E-state index in [4.69, 9.17) is 5.11 Å². The van der Waals surface area contributed by atoms with Crippen molar-refractivity contribution in [3.05, 3.63) is 0 Å². The third-order valence-electron chi connectivity index (χ3n) is 1.07. The summed E-state index contributed by atoms with van der Waals surface area (Å²) < 4.78 is 4.64. The normalized spacial score (nSPS) is 12.7. The molecule has 0 heterocycles. The topological polar surface area (TPSA) is 46.5 Å². The van der Waals surface area contributed by atoms with Crippen molar-refractivity contribution in [3.8, 4) is 0 Å². The molecule has 0 radical (unpaired) electrons. The van der Waals surface area contributed by atoms with Crippen LogP contribution in [0.4, 0.5) is 0 Å². The van der Waals surface area contributed by atoms with E-state index < -0.39 is 6.10 Å². The van der Waals surface area contributed by atoms with E-state index in [0.29, 0.717) is 19.4 Å². The number of hydrogen-bond acceptors (Lipinski definition) is 3. The molecule has 0 aromatic carbocycles. The fourth-order valence-corrected chi connectivity index (χ4v) is 0.560. The minimum absolute atomic E-state index is 0.233. The summed E-state index contributed by atoms with van der Waals surface area (Å²) in [6.07, 6.45) is 0.383. The van der Waals surface area contributed by atoms with Gasteiger partial charge in [-0.05, 0) is 20.3 Å². The Kier molecular flexibility index (Phi) is 4.94. The molecule has 0 aromatic heterocycles. The molecule has 0 amide bonds. The van der Waals surface area contributed by atoms with E-state index in [-0.39, 0.29) is 5.97 Å². The molecular weight excluding hydrogens is 132 g/mol. The van der Waals surface area contributed by atoms with E-state index in [1.807, 2.05) is 0 Å². The molecule has 0 bridgehead atoms. The van der Waals surface area contributed by atoms with Crippen LogP contribution in [0.2, 0.25) is 0 Å². The number of ether oxygens (including phenoxy) is 1. The van der Waals surface area contributed by atoms with E-state index in [2.05, 4.69) is 4.74 Å². The van der Waals surface area contributed by atoms with Gasteiger partial charge in [-0.3, -0.25) is 4.79 Å². The van der Waals surface area contributed by atoms with Crippen molar-refractivity contribution in [3.63, 3.8) is 0 Å². The molecule has 3 nitrogen and oxygen atoms in total. The van der Waals surface area contributed by atoms with Gasteiger partial charge in [0.15, 0.2) is 0 Å². The fourth-order valence-electron chi connectivity index (χ4n) is 0.560. The summed E-state index contributed by atoms with van der Waals surface area (Å²) in [5.74, 6) is -0.233. The number of carbonyl (C=O) groups excluding carboxylic acids is 1. The molecule has 1 unspecified atom stereocenters. The van der Waals surface area contributed by atoms with Gasteiger partial charge in [-0.2, -0.15) is 0 Å². The van der Waals surface area contributed by atoms with Crippen molar-refractivity contribution in [2.45, 2.75) is 32.8 Å².